The van der Waals surface area contributed by atoms with Crippen LogP contribution in [0.25, 0.3) is 0 Å². The molecule has 2 unspecified atom stereocenters. The van der Waals surface area contributed by atoms with Gasteiger partial charge >= 0.3 is 0 Å². The fraction of sp³-hybridized carbons (Fsp3) is 0.615. The molecule has 0 spiro atoms. The molecule has 2 rings (SSSR count). The summed E-state index contributed by atoms with van der Waals surface area (Å²) in [6.07, 6.45) is 4.96. The van der Waals surface area contributed by atoms with E-state index in [1.807, 2.05) is 16.8 Å². The molecule has 2 atom stereocenters. The molecule has 1 aromatic heterocycles. The van der Waals surface area contributed by atoms with Gasteiger partial charge in [-0.2, -0.15) is 11.3 Å². The zero-order valence-corrected chi connectivity index (χ0v) is 11.4. The normalized spacial score (nSPS) is 24.5. The van der Waals surface area contributed by atoms with Gasteiger partial charge in [-0.1, -0.05) is 12.8 Å². The van der Waals surface area contributed by atoms with Crippen molar-refractivity contribution in [2.45, 2.75) is 25.7 Å². The summed E-state index contributed by atoms with van der Waals surface area (Å²) in [4.78, 5) is 11.8. The van der Waals surface area contributed by atoms with Crippen molar-refractivity contribution in [3.8, 4) is 0 Å². The number of nitrogens with one attached hydrogen (secondary N) is 1. The maximum Gasteiger partial charge on any atom is 0.252 e. The maximum absolute atomic E-state index is 11.8. The average Bonchev–Trinajstić information content (AvgIpc) is 2.90. The Bertz CT molecular complexity index is 352. The van der Waals surface area contributed by atoms with E-state index in [0.717, 1.165) is 18.0 Å². The molecule has 1 aliphatic rings. The van der Waals surface area contributed by atoms with E-state index in [-0.39, 0.29) is 5.91 Å². The highest BCUT2D eigenvalue weighted by atomic mass is 35.5. The summed E-state index contributed by atoms with van der Waals surface area (Å²) >= 11 is 7.53. The van der Waals surface area contributed by atoms with Gasteiger partial charge in [0.1, 0.15) is 0 Å². The molecular formula is C13H18ClNOS. The highest BCUT2D eigenvalue weighted by Crippen LogP contribution is 2.30. The number of rotatable bonds is 4. The first kappa shape index (κ1) is 12.9. The first-order chi connectivity index (χ1) is 8.31. The lowest BCUT2D eigenvalue weighted by Crippen LogP contribution is -2.34. The summed E-state index contributed by atoms with van der Waals surface area (Å²) in [5.41, 5.74) is 0.772. The van der Waals surface area contributed by atoms with Crippen LogP contribution in [0.1, 0.15) is 36.0 Å². The topological polar surface area (TPSA) is 29.1 Å². The lowest BCUT2D eigenvalue weighted by Gasteiger charge is -2.30. The van der Waals surface area contributed by atoms with Gasteiger partial charge in [0, 0.05) is 23.4 Å². The van der Waals surface area contributed by atoms with E-state index in [4.69, 9.17) is 11.6 Å². The van der Waals surface area contributed by atoms with Crippen LogP contribution < -0.4 is 5.32 Å². The Balaban J connectivity index is 1.82. The molecule has 94 valence electrons. The van der Waals surface area contributed by atoms with Gasteiger partial charge in [0.05, 0.1) is 0 Å². The van der Waals surface area contributed by atoms with Crippen LogP contribution in [0.3, 0.4) is 0 Å². The third kappa shape index (κ3) is 3.46. The number of thiophene rings is 1. The first-order valence-corrected chi connectivity index (χ1v) is 7.65. The fourth-order valence-electron chi connectivity index (χ4n) is 2.48. The maximum atomic E-state index is 11.8. The smallest absolute Gasteiger partial charge is 0.252 e. The second-order valence-electron chi connectivity index (χ2n) is 4.68. The summed E-state index contributed by atoms with van der Waals surface area (Å²) in [6.45, 7) is 0.770. The standard InChI is InChI=1S/C13H18ClNOS/c14-7-10-3-1-2-4-11(10)8-15-13(16)12-5-6-17-9-12/h5-6,9-11H,1-4,7-8H2,(H,15,16). The summed E-state index contributed by atoms with van der Waals surface area (Å²) < 4.78 is 0. The highest BCUT2D eigenvalue weighted by Gasteiger charge is 2.24. The second-order valence-corrected chi connectivity index (χ2v) is 5.77. The van der Waals surface area contributed by atoms with Crippen molar-refractivity contribution in [1.29, 1.82) is 0 Å². The van der Waals surface area contributed by atoms with Crippen LogP contribution in [0.5, 0.6) is 0 Å². The van der Waals surface area contributed by atoms with Gasteiger partial charge in [0.2, 0.25) is 0 Å². The molecule has 17 heavy (non-hydrogen) atoms. The number of hydrogen-bond acceptors (Lipinski definition) is 2. The molecule has 0 radical (unpaired) electrons. The van der Waals surface area contributed by atoms with Crippen LogP contribution in [-0.4, -0.2) is 18.3 Å². The number of alkyl halides is 1. The predicted octanol–water partition coefficient (Wildman–Crippen LogP) is 3.52. The molecular weight excluding hydrogens is 254 g/mol. The molecule has 1 aromatic rings. The van der Waals surface area contributed by atoms with Gasteiger partial charge in [-0.05, 0) is 36.1 Å². The molecule has 1 N–H and O–H groups in total. The fourth-order valence-corrected chi connectivity index (χ4v) is 3.52. The minimum atomic E-state index is 0.0464. The third-order valence-corrected chi connectivity index (χ3v) is 4.65. The monoisotopic (exact) mass is 271 g/mol. The largest absolute Gasteiger partial charge is 0.352 e. The number of halogens is 1. The van der Waals surface area contributed by atoms with Crippen LogP contribution in [0.2, 0.25) is 0 Å². The third-order valence-electron chi connectivity index (χ3n) is 3.57. The van der Waals surface area contributed by atoms with Gasteiger partial charge in [-0.15, -0.1) is 11.6 Å². The summed E-state index contributed by atoms with van der Waals surface area (Å²) in [7, 11) is 0. The predicted molar refractivity (Wildman–Crippen MR) is 72.8 cm³/mol. The number of carbonyl (C=O) groups is 1. The Morgan fingerprint density at radius 2 is 2.18 bits per heavy atom. The molecule has 0 aromatic carbocycles. The van der Waals surface area contributed by atoms with E-state index in [9.17, 15) is 4.79 Å². The second kappa shape index (κ2) is 6.41. The van der Waals surface area contributed by atoms with Gasteiger partial charge in [-0.25, -0.2) is 0 Å². The van der Waals surface area contributed by atoms with E-state index in [2.05, 4.69) is 5.32 Å². The number of hydrogen-bond donors (Lipinski definition) is 1. The molecule has 1 saturated carbocycles. The SMILES string of the molecule is O=C(NCC1CCCCC1CCl)c1ccsc1. The van der Waals surface area contributed by atoms with E-state index >= 15 is 0 Å². The minimum Gasteiger partial charge on any atom is -0.352 e. The van der Waals surface area contributed by atoms with Crippen molar-refractivity contribution >= 4 is 28.8 Å². The van der Waals surface area contributed by atoms with Gasteiger partial charge in [0.15, 0.2) is 0 Å². The Labute approximate surface area is 111 Å². The summed E-state index contributed by atoms with van der Waals surface area (Å²) in [6, 6.07) is 1.86. The Morgan fingerprint density at radius 3 is 2.82 bits per heavy atom. The summed E-state index contributed by atoms with van der Waals surface area (Å²) in [5, 5.41) is 6.84. The lowest BCUT2D eigenvalue weighted by molar-refractivity contribution is 0.0937. The summed E-state index contributed by atoms with van der Waals surface area (Å²) in [5.74, 6) is 1.90. The van der Waals surface area contributed by atoms with Gasteiger partial charge in [-0.3, -0.25) is 4.79 Å². The number of amides is 1. The Kier molecular flexibility index (Phi) is 4.86. The zero-order valence-electron chi connectivity index (χ0n) is 9.82. The van der Waals surface area contributed by atoms with Crippen LogP contribution >= 0.6 is 22.9 Å². The quantitative estimate of drug-likeness (QED) is 0.834. The molecule has 4 heteroatoms. The van der Waals surface area contributed by atoms with Crippen LogP contribution in [0.15, 0.2) is 16.8 Å². The van der Waals surface area contributed by atoms with Crippen LogP contribution in [0.4, 0.5) is 0 Å². The Morgan fingerprint density at radius 1 is 1.41 bits per heavy atom. The van der Waals surface area contributed by atoms with Crippen molar-refractivity contribution in [1.82, 2.24) is 5.32 Å². The van der Waals surface area contributed by atoms with Crippen molar-refractivity contribution in [3.63, 3.8) is 0 Å². The van der Waals surface area contributed by atoms with E-state index in [0.29, 0.717) is 11.8 Å². The zero-order chi connectivity index (χ0) is 12.1. The average molecular weight is 272 g/mol. The van der Waals surface area contributed by atoms with Crippen molar-refractivity contribution in [2.24, 2.45) is 11.8 Å². The molecule has 1 heterocycles. The van der Waals surface area contributed by atoms with Crippen LogP contribution in [-0.2, 0) is 0 Å². The Hall–Kier alpha value is -0.540. The minimum absolute atomic E-state index is 0.0464. The lowest BCUT2D eigenvalue weighted by atomic mass is 9.80. The van der Waals surface area contributed by atoms with E-state index < -0.39 is 0 Å². The van der Waals surface area contributed by atoms with Crippen molar-refractivity contribution in [3.05, 3.63) is 22.4 Å². The molecule has 1 amide bonds. The molecule has 1 aliphatic carbocycles. The molecule has 1 fully saturated rings. The van der Waals surface area contributed by atoms with Gasteiger partial charge < -0.3 is 5.32 Å². The van der Waals surface area contributed by atoms with Crippen molar-refractivity contribution in [2.75, 3.05) is 12.4 Å². The molecule has 2 nitrogen and oxygen atoms in total. The van der Waals surface area contributed by atoms with Crippen molar-refractivity contribution < 1.29 is 4.79 Å². The molecule has 0 bridgehead atoms. The van der Waals surface area contributed by atoms with Crippen LogP contribution in [0, 0.1) is 11.8 Å². The first-order valence-electron chi connectivity index (χ1n) is 6.17. The van der Waals surface area contributed by atoms with E-state index in [1.165, 1.54) is 25.7 Å². The van der Waals surface area contributed by atoms with E-state index in [1.54, 1.807) is 11.3 Å². The number of carbonyl (C=O) groups excluding carboxylic acids is 1. The highest BCUT2D eigenvalue weighted by molar-refractivity contribution is 7.08. The van der Waals surface area contributed by atoms with Gasteiger partial charge in [0.25, 0.3) is 5.91 Å². The molecule has 0 saturated heterocycles. The molecule has 0 aliphatic heterocycles.